The first-order chi connectivity index (χ1) is 20.6. The van der Waals surface area contributed by atoms with Crippen molar-refractivity contribution in [3.63, 3.8) is 0 Å². The summed E-state index contributed by atoms with van der Waals surface area (Å²) in [7, 11) is 0. The Kier molecular flexibility index (Phi) is 9.46. The molecule has 1 aromatic heterocycles. The number of aromatic nitrogens is 1. The third-order valence-corrected chi connectivity index (χ3v) is 8.36. The topological polar surface area (TPSA) is 137 Å². The molecule has 11 nitrogen and oxygen atoms in total. The van der Waals surface area contributed by atoms with Crippen LogP contribution in [0.4, 0.5) is 0 Å². The third-order valence-electron chi connectivity index (χ3n) is 7.35. The summed E-state index contributed by atoms with van der Waals surface area (Å²) in [6.07, 6.45) is 2.01. The van der Waals surface area contributed by atoms with Crippen molar-refractivity contribution in [3.05, 3.63) is 57.0 Å². The van der Waals surface area contributed by atoms with Crippen molar-refractivity contribution in [1.29, 1.82) is 0 Å². The minimum absolute atomic E-state index is 0.277. The second-order valence-corrected chi connectivity index (χ2v) is 12.0. The van der Waals surface area contributed by atoms with E-state index in [9.17, 15) is 19.2 Å². The normalized spacial score (nSPS) is 24.8. The summed E-state index contributed by atoms with van der Waals surface area (Å²) >= 11 is 1.58. The molecule has 1 aromatic carbocycles. The molecule has 0 N–H and O–H groups in total. The molecular formula is C31H35NO10S. The number of carbonyl (C=O) groups excluding carboxylic acids is 4. The van der Waals surface area contributed by atoms with E-state index in [1.165, 1.54) is 33.3 Å². The predicted octanol–water partition coefficient (Wildman–Crippen LogP) is 4.17. The zero-order valence-corrected chi connectivity index (χ0v) is 25.3. The Morgan fingerprint density at radius 2 is 1.63 bits per heavy atom. The molecule has 43 heavy (non-hydrogen) atoms. The minimum atomic E-state index is -1.22. The summed E-state index contributed by atoms with van der Waals surface area (Å²) in [4.78, 5) is 53.9. The van der Waals surface area contributed by atoms with Crippen molar-refractivity contribution in [2.75, 3.05) is 13.2 Å². The number of rotatable bonds is 10. The van der Waals surface area contributed by atoms with Crippen molar-refractivity contribution < 1.29 is 47.6 Å². The first-order valence-corrected chi connectivity index (χ1v) is 15.1. The van der Waals surface area contributed by atoms with E-state index < -0.39 is 54.4 Å². The van der Waals surface area contributed by atoms with Crippen LogP contribution in [0.15, 0.2) is 30.5 Å². The van der Waals surface area contributed by atoms with E-state index in [-0.39, 0.29) is 6.61 Å². The number of hydrogen-bond acceptors (Lipinski definition) is 12. The van der Waals surface area contributed by atoms with E-state index >= 15 is 0 Å². The Bertz CT molecular complexity index is 1410. The molecule has 0 bridgehead atoms. The molecule has 1 aliphatic carbocycles. The van der Waals surface area contributed by atoms with Crippen LogP contribution in [-0.2, 0) is 54.0 Å². The number of benzene rings is 1. The average Bonchev–Trinajstić information content (AvgIpc) is 3.42. The van der Waals surface area contributed by atoms with Gasteiger partial charge in [-0.3, -0.25) is 19.2 Å². The summed E-state index contributed by atoms with van der Waals surface area (Å²) < 4.78 is 34.1. The van der Waals surface area contributed by atoms with Gasteiger partial charge in [0.05, 0.1) is 16.5 Å². The third kappa shape index (κ3) is 7.61. The largest absolute Gasteiger partial charge is 0.492 e. The Morgan fingerprint density at radius 3 is 2.26 bits per heavy atom. The molecule has 2 aliphatic heterocycles. The van der Waals surface area contributed by atoms with Gasteiger partial charge in [-0.1, -0.05) is 18.2 Å². The molecule has 3 heterocycles. The van der Waals surface area contributed by atoms with Gasteiger partial charge in [0.25, 0.3) is 0 Å². The summed E-state index contributed by atoms with van der Waals surface area (Å²) in [5.41, 5.74) is 2.92. The Balaban J connectivity index is 1.52. The van der Waals surface area contributed by atoms with Crippen LogP contribution in [-0.4, -0.2) is 66.5 Å². The number of ether oxygens (including phenoxy) is 6. The van der Waals surface area contributed by atoms with Gasteiger partial charge in [0, 0.05) is 46.7 Å². The van der Waals surface area contributed by atoms with Crippen molar-refractivity contribution in [2.24, 2.45) is 0 Å². The molecule has 1 saturated heterocycles. The average molecular weight is 614 g/mol. The number of esters is 4. The van der Waals surface area contributed by atoms with Crippen molar-refractivity contribution >= 4 is 41.0 Å². The van der Waals surface area contributed by atoms with Gasteiger partial charge in [-0.05, 0) is 41.5 Å². The molecule has 12 heteroatoms. The summed E-state index contributed by atoms with van der Waals surface area (Å²) in [5.74, 6) is -1.24. The van der Waals surface area contributed by atoms with Crippen LogP contribution < -0.4 is 0 Å². The van der Waals surface area contributed by atoms with E-state index in [0.717, 1.165) is 40.5 Å². The molecule has 2 aromatic rings. The van der Waals surface area contributed by atoms with Crippen LogP contribution in [0.1, 0.15) is 85.6 Å². The monoisotopic (exact) mass is 613 g/mol. The molecule has 5 atom stereocenters. The Morgan fingerprint density at radius 1 is 0.930 bits per heavy atom. The van der Waals surface area contributed by atoms with Crippen LogP contribution in [0.5, 0.6) is 0 Å². The lowest BCUT2D eigenvalue weighted by Crippen LogP contribution is -2.59. The SMILES string of the molecule is CC(=O)OC[C@H]1O[C@@H](c2ccc(C3CC3)c(Cc3ncc(C4=CCCO4)s3)c2)[C@H](OC(C)=O)[C@@H](OC(C)=O)[C@@H]1OC(C)=O. The summed E-state index contributed by atoms with van der Waals surface area (Å²) in [6, 6.07) is 5.96. The van der Waals surface area contributed by atoms with Gasteiger partial charge >= 0.3 is 23.9 Å². The van der Waals surface area contributed by atoms with Crippen LogP contribution in [0.2, 0.25) is 0 Å². The Hall–Kier alpha value is -3.77. The molecule has 0 unspecified atom stereocenters. The van der Waals surface area contributed by atoms with E-state index in [4.69, 9.17) is 28.4 Å². The van der Waals surface area contributed by atoms with E-state index in [1.807, 2.05) is 24.4 Å². The lowest BCUT2D eigenvalue weighted by atomic mass is 9.88. The maximum atomic E-state index is 12.3. The second kappa shape index (κ2) is 13.3. The fourth-order valence-corrected chi connectivity index (χ4v) is 6.44. The molecule has 230 valence electrons. The van der Waals surface area contributed by atoms with E-state index in [1.54, 1.807) is 11.3 Å². The fourth-order valence-electron chi connectivity index (χ4n) is 5.50. The smallest absolute Gasteiger partial charge is 0.303 e. The van der Waals surface area contributed by atoms with Crippen LogP contribution in [0.25, 0.3) is 5.76 Å². The maximum Gasteiger partial charge on any atom is 0.303 e. The second-order valence-electron chi connectivity index (χ2n) is 10.9. The highest BCUT2D eigenvalue weighted by atomic mass is 32.1. The first-order valence-electron chi connectivity index (χ1n) is 14.3. The maximum absolute atomic E-state index is 12.3. The van der Waals surface area contributed by atoms with Gasteiger partial charge in [0.15, 0.2) is 18.3 Å². The molecule has 2 fully saturated rings. The van der Waals surface area contributed by atoms with Crippen molar-refractivity contribution in [1.82, 2.24) is 4.98 Å². The molecule has 1 saturated carbocycles. The zero-order valence-electron chi connectivity index (χ0n) is 24.5. The first kappa shape index (κ1) is 30.7. The summed E-state index contributed by atoms with van der Waals surface area (Å²) in [6.45, 7) is 5.28. The van der Waals surface area contributed by atoms with Crippen molar-refractivity contribution in [2.45, 2.75) is 89.8 Å². The van der Waals surface area contributed by atoms with Crippen LogP contribution in [0.3, 0.4) is 0 Å². The molecular weight excluding hydrogens is 578 g/mol. The van der Waals surface area contributed by atoms with Crippen molar-refractivity contribution in [3.8, 4) is 0 Å². The number of thiazole rings is 1. The van der Waals surface area contributed by atoms with Gasteiger partial charge in [-0.2, -0.15) is 0 Å². The standard InChI is InChI=1S/C31H35NO10S/c1-16(33)38-15-25-29(39-17(2)34)31(41-19(4)36)30(40-18(3)35)28(42-25)21-9-10-23(20-7-8-20)22(12-21)13-27-32-14-26(43-27)24-6-5-11-37-24/h6,9-10,12,14,20,25,28-31H,5,7-8,11,13,15H2,1-4H3/t25-,28+,29-,30+,31+/m1/s1. The number of carbonyl (C=O) groups is 4. The lowest BCUT2D eigenvalue weighted by Gasteiger charge is -2.44. The summed E-state index contributed by atoms with van der Waals surface area (Å²) in [5, 5.41) is 0.923. The van der Waals surface area contributed by atoms with Gasteiger partial charge in [-0.25, -0.2) is 4.98 Å². The number of hydrogen-bond donors (Lipinski definition) is 0. The highest BCUT2D eigenvalue weighted by molar-refractivity contribution is 7.12. The van der Waals surface area contributed by atoms with E-state index in [2.05, 4.69) is 11.1 Å². The quantitative estimate of drug-likeness (QED) is 0.282. The fraction of sp³-hybridized carbons (Fsp3) is 0.516. The van der Waals surface area contributed by atoms with E-state index in [0.29, 0.717) is 24.5 Å². The number of nitrogens with zero attached hydrogens (tertiary/aromatic N) is 1. The molecule has 5 rings (SSSR count). The van der Waals surface area contributed by atoms with Gasteiger partial charge in [0.1, 0.15) is 24.6 Å². The van der Waals surface area contributed by atoms with Gasteiger partial charge in [-0.15, -0.1) is 11.3 Å². The van der Waals surface area contributed by atoms with Gasteiger partial charge < -0.3 is 28.4 Å². The molecule has 0 radical (unpaired) electrons. The van der Waals surface area contributed by atoms with Crippen LogP contribution >= 0.6 is 11.3 Å². The lowest BCUT2D eigenvalue weighted by molar-refractivity contribution is -0.254. The zero-order chi connectivity index (χ0) is 30.7. The van der Waals surface area contributed by atoms with Crippen LogP contribution in [0, 0.1) is 0 Å². The minimum Gasteiger partial charge on any atom is -0.492 e. The Labute approximate surface area is 253 Å². The highest BCUT2D eigenvalue weighted by Crippen LogP contribution is 2.44. The highest BCUT2D eigenvalue weighted by Gasteiger charge is 2.52. The van der Waals surface area contributed by atoms with Gasteiger partial charge in [0.2, 0.25) is 0 Å². The predicted molar refractivity (Wildman–Crippen MR) is 153 cm³/mol. The molecule has 0 spiro atoms. The molecule has 3 aliphatic rings. The molecule has 0 amide bonds.